The number of carbonyl (C=O) groups excluding carboxylic acids is 1. The van der Waals surface area contributed by atoms with Crippen LogP contribution in [0.4, 0.5) is 22.4 Å². The standard InChI is InChI=1S/C19H22FN3O2.C2HF3O2/c1-25-18-7-9-23(17(18)11-15-5-3-8-21-12-15)19(24)22-13-14-4-2-6-16(20)10-14;3-2(4,5)1(6)7/h2-6,8,10,12,17-18H,7,9,11,13H2,1H3,(H,22,24);(H,6,7)/t17-,18+;/m0./s1. The van der Waals surface area contributed by atoms with Gasteiger partial charge in [0.25, 0.3) is 0 Å². The number of amides is 2. The molecule has 1 aliphatic heterocycles. The molecule has 1 saturated heterocycles. The van der Waals surface area contributed by atoms with Gasteiger partial charge in [0, 0.05) is 32.6 Å². The van der Waals surface area contributed by atoms with Crippen molar-refractivity contribution in [2.75, 3.05) is 13.7 Å². The van der Waals surface area contributed by atoms with Crippen molar-refractivity contribution in [2.45, 2.75) is 37.7 Å². The number of aromatic nitrogens is 1. The van der Waals surface area contributed by atoms with Crippen LogP contribution in [0.3, 0.4) is 0 Å². The van der Waals surface area contributed by atoms with E-state index in [1.807, 2.05) is 18.3 Å². The highest BCUT2D eigenvalue weighted by molar-refractivity contribution is 5.75. The SMILES string of the molecule is CO[C@@H]1CCN(C(=O)NCc2cccc(F)c2)[C@H]1Cc1cccnc1.O=C(O)C(F)(F)F. The molecule has 2 atom stereocenters. The zero-order valence-corrected chi connectivity index (χ0v) is 17.2. The number of alkyl halides is 3. The maximum atomic E-state index is 13.2. The van der Waals surface area contributed by atoms with Gasteiger partial charge in [0.05, 0.1) is 12.1 Å². The fourth-order valence-electron chi connectivity index (χ4n) is 3.28. The van der Waals surface area contributed by atoms with E-state index in [0.29, 0.717) is 19.5 Å². The van der Waals surface area contributed by atoms with Gasteiger partial charge < -0.3 is 20.1 Å². The van der Waals surface area contributed by atoms with Crippen LogP contribution in [0.5, 0.6) is 0 Å². The molecule has 2 N–H and O–H groups in total. The molecule has 0 aliphatic carbocycles. The van der Waals surface area contributed by atoms with Crippen molar-refractivity contribution in [1.82, 2.24) is 15.2 Å². The van der Waals surface area contributed by atoms with Crippen LogP contribution >= 0.6 is 0 Å². The molecule has 7 nitrogen and oxygen atoms in total. The first-order valence-electron chi connectivity index (χ1n) is 9.62. The number of carbonyl (C=O) groups is 2. The van der Waals surface area contributed by atoms with Crippen LogP contribution in [-0.2, 0) is 22.5 Å². The van der Waals surface area contributed by atoms with Crippen molar-refractivity contribution in [1.29, 1.82) is 0 Å². The molecule has 11 heteroatoms. The number of nitrogens with zero attached hydrogens (tertiary/aromatic N) is 2. The van der Waals surface area contributed by atoms with Crippen LogP contribution in [0.15, 0.2) is 48.8 Å². The number of aliphatic carboxylic acids is 1. The van der Waals surface area contributed by atoms with Crippen LogP contribution in [-0.4, -0.2) is 59.0 Å². The Morgan fingerprint density at radius 3 is 2.50 bits per heavy atom. The smallest absolute Gasteiger partial charge is 0.475 e. The molecule has 174 valence electrons. The van der Waals surface area contributed by atoms with E-state index < -0.39 is 12.1 Å². The van der Waals surface area contributed by atoms with E-state index in [1.54, 1.807) is 30.3 Å². The number of carboxylic acid groups (broad SMARTS) is 1. The van der Waals surface area contributed by atoms with Gasteiger partial charge in [-0.05, 0) is 42.2 Å². The molecule has 0 spiro atoms. The number of benzene rings is 1. The van der Waals surface area contributed by atoms with Crippen molar-refractivity contribution in [3.63, 3.8) is 0 Å². The number of hydrogen-bond acceptors (Lipinski definition) is 4. The van der Waals surface area contributed by atoms with E-state index >= 15 is 0 Å². The second-order valence-corrected chi connectivity index (χ2v) is 6.98. The Morgan fingerprint density at radius 1 is 1.25 bits per heavy atom. The molecule has 0 radical (unpaired) electrons. The monoisotopic (exact) mass is 457 g/mol. The highest BCUT2D eigenvalue weighted by Crippen LogP contribution is 2.24. The summed E-state index contributed by atoms with van der Waals surface area (Å²) in [5.41, 5.74) is 1.80. The van der Waals surface area contributed by atoms with Gasteiger partial charge in [-0.25, -0.2) is 14.0 Å². The summed E-state index contributed by atoms with van der Waals surface area (Å²) in [4.78, 5) is 27.5. The van der Waals surface area contributed by atoms with Gasteiger partial charge in [-0.1, -0.05) is 18.2 Å². The maximum absolute atomic E-state index is 13.2. The minimum Gasteiger partial charge on any atom is -0.475 e. The molecule has 1 aromatic carbocycles. The largest absolute Gasteiger partial charge is 0.490 e. The zero-order valence-electron chi connectivity index (χ0n) is 17.2. The molecule has 32 heavy (non-hydrogen) atoms. The molecule has 2 heterocycles. The number of likely N-dealkylation sites (tertiary alicyclic amines) is 1. The number of carboxylic acids is 1. The molecular weight excluding hydrogens is 434 g/mol. The number of halogens is 4. The van der Waals surface area contributed by atoms with Crippen LogP contribution in [0, 0.1) is 5.82 Å². The predicted octanol–water partition coefficient (Wildman–Crippen LogP) is 3.40. The van der Waals surface area contributed by atoms with Crippen LogP contribution in [0.1, 0.15) is 17.5 Å². The minimum absolute atomic E-state index is 0.000117. The second kappa shape index (κ2) is 11.4. The number of urea groups is 1. The normalized spacial score (nSPS) is 18.0. The van der Waals surface area contributed by atoms with Gasteiger partial charge in [-0.15, -0.1) is 0 Å². The Labute approximate surface area is 182 Å². The summed E-state index contributed by atoms with van der Waals surface area (Å²) in [6, 6.07) is 9.94. The van der Waals surface area contributed by atoms with Crippen molar-refractivity contribution < 1.29 is 37.0 Å². The third-order valence-electron chi connectivity index (χ3n) is 4.79. The van der Waals surface area contributed by atoms with Crippen LogP contribution < -0.4 is 5.32 Å². The number of methoxy groups -OCH3 is 1. The molecule has 1 aromatic heterocycles. The number of ether oxygens (including phenoxy) is 1. The van der Waals surface area contributed by atoms with E-state index in [4.69, 9.17) is 14.6 Å². The highest BCUT2D eigenvalue weighted by atomic mass is 19.4. The predicted molar refractivity (Wildman–Crippen MR) is 106 cm³/mol. The molecular formula is C21H23F4N3O4. The van der Waals surface area contributed by atoms with Crippen LogP contribution in [0.2, 0.25) is 0 Å². The second-order valence-electron chi connectivity index (χ2n) is 6.98. The number of hydrogen-bond donors (Lipinski definition) is 2. The first-order chi connectivity index (χ1) is 15.1. The van der Waals surface area contributed by atoms with Gasteiger partial charge in [-0.2, -0.15) is 13.2 Å². The maximum Gasteiger partial charge on any atom is 0.490 e. The average molecular weight is 457 g/mol. The van der Waals surface area contributed by atoms with Gasteiger partial charge >= 0.3 is 18.2 Å². The lowest BCUT2D eigenvalue weighted by atomic mass is 10.0. The number of pyridine rings is 1. The number of nitrogens with one attached hydrogen (secondary N) is 1. The minimum atomic E-state index is -5.08. The Kier molecular flexibility index (Phi) is 8.94. The summed E-state index contributed by atoms with van der Waals surface area (Å²) in [6.07, 6.45) is -0.0437. The Bertz CT molecular complexity index is 896. The Balaban J connectivity index is 0.000000451. The van der Waals surface area contributed by atoms with E-state index in [0.717, 1.165) is 17.5 Å². The quantitative estimate of drug-likeness (QED) is 0.672. The van der Waals surface area contributed by atoms with Crippen LogP contribution in [0.25, 0.3) is 0 Å². The summed E-state index contributed by atoms with van der Waals surface area (Å²) in [5, 5.41) is 10.0. The van der Waals surface area contributed by atoms with Gasteiger partial charge in [-0.3, -0.25) is 4.98 Å². The van der Waals surface area contributed by atoms with Crippen molar-refractivity contribution in [2.24, 2.45) is 0 Å². The fourth-order valence-corrected chi connectivity index (χ4v) is 3.28. The summed E-state index contributed by atoms with van der Waals surface area (Å²) in [6.45, 7) is 0.933. The molecule has 2 amide bonds. The fraction of sp³-hybridized carbons (Fsp3) is 0.381. The lowest BCUT2D eigenvalue weighted by Gasteiger charge is -2.28. The highest BCUT2D eigenvalue weighted by Gasteiger charge is 2.38. The van der Waals surface area contributed by atoms with Gasteiger partial charge in [0.1, 0.15) is 5.82 Å². The van der Waals surface area contributed by atoms with Crippen molar-refractivity contribution in [3.8, 4) is 0 Å². The first-order valence-corrected chi connectivity index (χ1v) is 9.62. The molecule has 0 saturated carbocycles. The summed E-state index contributed by atoms with van der Waals surface area (Å²) >= 11 is 0. The first kappa shape index (κ1) is 25.1. The molecule has 2 aromatic rings. The van der Waals surface area contributed by atoms with E-state index in [2.05, 4.69) is 10.3 Å². The van der Waals surface area contributed by atoms with Gasteiger partial charge in [0.15, 0.2) is 0 Å². The summed E-state index contributed by atoms with van der Waals surface area (Å²) in [7, 11) is 1.68. The van der Waals surface area contributed by atoms with E-state index in [1.165, 1.54) is 12.1 Å². The van der Waals surface area contributed by atoms with E-state index in [-0.39, 0.29) is 24.0 Å². The lowest BCUT2D eigenvalue weighted by Crippen LogP contribution is -2.46. The zero-order chi connectivity index (χ0) is 23.7. The molecule has 0 bridgehead atoms. The van der Waals surface area contributed by atoms with Crippen molar-refractivity contribution >= 4 is 12.0 Å². The molecule has 1 aliphatic rings. The number of rotatable bonds is 5. The Morgan fingerprint density at radius 2 is 1.94 bits per heavy atom. The summed E-state index contributed by atoms with van der Waals surface area (Å²) < 4.78 is 50.5. The molecule has 0 unspecified atom stereocenters. The van der Waals surface area contributed by atoms with E-state index in [9.17, 15) is 22.4 Å². The van der Waals surface area contributed by atoms with Gasteiger partial charge in [0.2, 0.25) is 0 Å². The lowest BCUT2D eigenvalue weighted by molar-refractivity contribution is -0.192. The summed E-state index contributed by atoms with van der Waals surface area (Å²) in [5.74, 6) is -3.06. The molecule has 1 fully saturated rings. The molecule has 3 rings (SSSR count). The Hall–Kier alpha value is -3.21. The van der Waals surface area contributed by atoms with Crippen molar-refractivity contribution in [3.05, 3.63) is 65.7 Å². The third-order valence-corrected chi connectivity index (χ3v) is 4.79. The topological polar surface area (TPSA) is 91.8 Å². The third kappa shape index (κ3) is 7.49. The average Bonchev–Trinajstić information content (AvgIpc) is 3.15.